The highest BCUT2D eigenvalue weighted by atomic mass is 16.5. The van der Waals surface area contributed by atoms with Crippen molar-refractivity contribution in [1.82, 2.24) is 4.90 Å². The summed E-state index contributed by atoms with van der Waals surface area (Å²) in [6.45, 7) is 5.84. The van der Waals surface area contributed by atoms with E-state index in [-0.39, 0.29) is 0 Å². The predicted octanol–water partition coefficient (Wildman–Crippen LogP) is 0.850. The molecule has 1 fully saturated rings. The molecular formula is C15H32N2O3. The van der Waals surface area contributed by atoms with Gasteiger partial charge in [0.25, 0.3) is 0 Å². The minimum absolute atomic E-state index is 0.326. The van der Waals surface area contributed by atoms with Crippen LogP contribution in [0.1, 0.15) is 32.6 Å². The average molecular weight is 288 g/mol. The van der Waals surface area contributed by atoms with Crippen LogP contribution in [0.3, 0.4) is 0 Å². The van der Waals surface area contributed by atoms with Crippen LogP contribution in [0.25, 0.3) is 0 Å². The lowest BCUT2D eigenvalue weighted by atomic mass is 9.88. The number of aliphatic hydroxyl groups is 1. The molecule has 0 aromatic heterocycles. The van der Waals surface area contributed by atoms with E-state index in [1.165, 1.54) is 0 Å². The summed E-state index contributed by atoms with van der Waals surface area (Å²) in [6, 6.07) is 0.363. The van der Waals surface area contributed by atoms with Crippen molar-refractivity contribution >= 4 is 0 Å². The maximum absolute atomic E-state index is 10.5. The Hall–Kier alpha value is -0.200. The van der Waals surface area contributed by atoms with Crippen molar-refractivity contribution in [2.24, 2.45) is 11.7 Å². The van der Waals surface area contributed by atoms with E-state index in [1.54, 1.807) is 14.2 Å². The second-order valence-electron chi connectivity index (χ2n) is 6.02. The molecule has 0 amide bonds. The molecule has 1 rings (SSSR count). The second-order valence-corrected chi connectivity index (χ2v) is 6.02. The number of hydrogen-bond acceptors (Lipinski definition) is 5. The minimum atomic E-state index is -0.641. The Kier molecular flexibility index (Phi) is 7.99. The van der Waals surface area contributed by atoms with Gasteiger partial charge in [-0.25, -0.2) is 0 Å². The van der Waals surface area contributed by atoms with Gasteiger partial charge in [-0.1, -0.05) is 6.42 Å². The molecule has 5 nitrogen and oxygen atoms in total. The Morgan fingerprint density at radius 3 is 2.70 bits per heavy atom. The van der Waals surface area contributed by atoms with Gasteiger partial charge in [0.05, 0.1) is 18.8 Å². The Balaban J connectivity index is 2.48. The molecule has 1 aliphatic rings. The molecule has 3 N–H and O–H groups in total. The highest BCUT2D eigenvalue weighted by Crippen LogP contribution is 2.37. The number of ether oxygens (including phenoxy) is 2. The molecule has 1 saturated carbocycles. The van der Waals surface area contributed by atoms with E-state index in [0.29, 0.717) is 18.5 Å². The van der Waals surface area contributed by atoms with Crippen molar-refractivity contribution < 1.29 is 14.6 Å². The van der Waals surface area contributed by atoms with E-state index in [0.717, 1.165) is 52.0 Å². The van der Waals surface area contributed by atoms with Crippen LogP contribution >= 0.6 is 0 Å². The highest BCUT2D eigenvalue weighted by molar-refractivity contribution is 4.93. The van der Waals surface area contributed by atoms with Crippen molar-refractivity contribution in [3.05, 3.63) is 0 Å². The van der Waals surface area contributed by atoms with Gasteiger partial charge in [0.2, 0.25) is 0 Å². The van der Waals surface area contributed by atoms with Gasteiger partial charge >= 0.3 is 0 Å². The van der Waals surface area contributed by atoms with Crippen molar-refractivity contribution in [3.8, 4) is 0 Å². The summed E-state index contributed by atoms with van der Waals surface area (Å²) >= 11 is 0. The van der Waals surface area contributed by atoms with Crippen LogP contribution in [-0.2, 0) is 9.47 Å². The summed E-state index contributed by atoms with van der Waals surface area (Å²) in [5.41, 5.74) is 5.11. The van der Waals surface area contributed by atoms with E-state index in [4.69, 9.17) is 15.2 Å². The topological polar surface area (TPSA) is 68.0 Å². The summed E-state index contributed by atoms with van der Waals surface area (Å²) < 4.78 is 10.4. The first-order valence-electron chi connectivity index (χ1n) is 7.71. The molecule has 5 heteroatoms. The molecule has 0 aromatic carbocycles. The Morgan fingerprint density at radius 1 is 1.35 bits per heavy atom. The van der Waals surface area contributed by atoms with Crippen molar-refractivity contribution in [1.29, 1.82) is 0 Å². The molecule has 0 spiro atoms. The third-order valence-electron chi connectivity index (χ3n) is 4.65. The molecule has 120 valence electrons. The minimum Gasteiger partial charge on any atom is -0.388 e. The SMILES string of the molecule is COCCN(CCC1CCCC1(O)CN)C(C)COC. The summed E-state index contributed by atoms with van der Waals surface area (Å²) in [5.74, 6) is 0.326. The van der Waals surface area contributed by atoms with Crippen molar-refractivity contribution in [2.45, 2.75) is 44.2 Å². The second kappa shape index (κ2) is 8.95. The molecule has 1 aliphatic carbocycles. The van der Waals surface area contributed by atoms with Gasteiger partial charge in [0.15, 0.2) is 0 Å². The van der Waals surface area contributed by atoms with E-state index in [9.17, 15) is 5.11 Å². The van der Waals surface area contributed by atoms with Crippen LogP contribution in [-0.4, -0.2) is 68.7 Å². The Morgan fingerprint density at radius 2 is 2.10 bits per heavy atom. The number of hydrogen-bond donors (Lipinski definition) is 2. The fourth-order valence-corrected chi connectivity index (χ4v) is 3.24. The molecule has 20 heavy (non-hydrogen) atoms. The summed E-state index contributed by atoms with van der Waals surface area (Å²) in [7, 11) is 3.46. The normalized spacial score (nSPS) is 28.2. The van der Waals surface area contributed by atoms with E-state index in [2.05, 4.69) is 11.8 Å². The maximum Gasteiger partial charge on any atom is 0.0797 e. The lowest BCUT2D eigenvalue weighted by molar-refractivity contribution is -0.000428. The fourth-order valence-electron chi connectivity index (χ4n) is 3.24. The van der Waals surface area contributed by atoms with Gasteiger partial charge in [-0.05, 0) is 38.6 Å². The van der Waals surface area contributed by atoms with Crippen LogP contribution in [0, 0.1) is 5.92 Å². The van der Waals surface area contributed by atoms with Crippen LogP contribution in [0.4, 0.5) is 0 Å². The van der Waals surface area contributed by atoms with E-state index < -0.39 is 5.60 Å². The molecule has 0 aliphatic heterocycles. The van der Waals surface area contributed by atoms with E-state index >= 15 is 0 Å². The zero-order valence-electron chi connectivity index (χ0n) is 13.3. The van der Waals surface area contributed by atoms with Crippen LogP contribution in [0.2, 0.25) is 0 Å². The average Bonchev–Trinajstić information content (AvgIpc) is 2.81. The zero-order valence-corrected chi connectivity index (χ0v) is 13.3. The monoisotopic (exact) mass is 288 g/mol. The summed E-state index contributed by atoms with van der Waals surface area (Å²) in [4.78, 5) is 2.38. The van der Waals surface area contributed by atoms with E-state index in [1.807, 2.05) is 0 Å². The van der Waals surface area contributed by atoms with Gasteiger partial charge < -0.3 is 20.3 Å². The van der Waals surface area contributed by atoms with Crippen LogP contribution in [0.5, 0.6) is 0 Å². The number of nitrogens with zero attached hydrogens (tertiary/aromatic N) is 1. The summed E-state index contributed by atoms with van der Waals surface area (Å²) in [5, 5.41) is 10.5. The third kappa shape index (κ3) is 4.97. The zero-order chi connectivity index (χ0) is 15.0. The van der Waals surface area contributed by atoms with Crippen LogP contribution < -0.4 is 5.73 Å². The van der Waals surface area contributed by atoms with Crippen molar-refractivity contribution in [2.75, 3.05) is 47.1 Å². The van der Waals surface area contributed by atoms with Gasteiger partial charge in [0.1, 0.15) is 0 Å². The molecule has 0 aromatic rings. The molecular weight excluding hydrogens is 256 g/mol. The number of methoxy groups -OCH3 is 2. The molecule has 0 saturated heterocycles. The van der Waals surface area contributed by atoms with Crippen LogP contribution in [0.15, 0.2) is 0 Å². The predicted molar refractivity (Wildman–Crippen MR) is 80.7 cm³/mol. The molecule has 3 atom stereocenters. The fraction of sp³-hybridized carbons (Fsp3) is 1.00. The highest BCUT2D eigenvalue weighted by Gasteiger charge is 2.39. The van der Waals surface area contributed by atoms with Gasteiger partial charge in [-0.3, -0.25) is 4.90 Å². The van der Waals surface area contributed by atoms with Gasteiger partial charge in [0, 0.05) is 33.4 Å². The first kappa shape index (κ1) is 17.9. The third-order valence-corrected chi connectivity index (χ3v) is 4.65. The molecule has 3 unspecified atom stereocenters. The van der Waals surface area contributed by atoms with Gasteiger partial charge in [-0.2, -0.15) is 0 Å². The maximum atomic E-state index is 10.5. The Bertz CT molecular complexity index is 266. The molecule has 0 heterocycles. The Labute approximate surface area is 123 Å². The molecule has 0 radical (unpaired) electrons. The van der Waals surface area contributed by atoms with Gasteiger partial charge in [-0.15, -0.1) is 0 Å². The summed E-state index contributed by atoms with van der Waals surface area (Å²) in [6.07, 6.45) is 4.01. The lowest BCUT2D eigenvalue weighted by Crippen LogP contribution is -2.44. The smallest absolute Gasteiger partial charge is 0.0797 e. The largest absolute Gasteiger partial charge is 0.388 e. The lowest BCUT2D eigenvalue weighted by Gasteiger charge is -2.33. The number of rotatable bonds is 10. The standard InChI is InChI=1S/C15H32N2O3/c1-13(11-20-3)17(9-10-19-2)8-6-14-5-4-7-15(14,18)12-16/h13-14,18H,4-12,16H2,1-3H3. The first-order valence-corrected chi connectivity index (χ1v) is 7.71. The molecule has 0 bridgehead atoms. The quantitative estimate of drug-likeness (QED) is 0.624. The van der Waals surface area contributed by atoms with Crippen molar-refractivity contribution in [3.63, 3.8) is 0 Å². The first-order chi connectivity index (χ1) is 9.57. The number of nitrogens with two attached hydrogens (primary N) is 1.